The topological polar surface area (TPSA) is 133 Å². The molecular formula is C32H29ClF3N5O5. The summed E-state index contributed by atoms with van der Waals surface area (Å²) >= 11 is 5.65. The van der Waals surface area contributed by atoms with E-state index in [1.807, 2.05) is 0 Å². The fourth-order valence-electron chi connectivity index (χ4n) is 5.25. The van der Waals surface area contributed by atoms with Gasteiger partial charge in [0.05, 0.1) is 11.6 Å². The normalized spacial score (nSPS) is 15.0. The van der Waals surface area contributed by atoms with Crippen molar-refractivity contribution in [1.29, 1.82) is 0 Å². The van der Waals surface area contributed by atoms with E-state index in [0.29, 0.717) is 41.1 Å². The third-order valence-corrected chi connectivity index (χ3v) is 7.62. The van der Waals surface area contributed by atoms with Gasteiger partial charge in [-0.05, 0) is 47.7 Å². The number of benzene rings is 3. The van der Waals surface area contributed by atoms with E-state index in [2.05, 4.69) is 20.9 Å². The summed E-state index contributed by atoms with van der Waals surface area (Å²) in [6, 6.07) is 15.4. The van der Waals surface area contributed by atoms with Gasteiger partial charge in [0.25, 0.3) is 5.91 Å². The Morgan fingerprint density at radius 1 is 1.04 bits per heavy atom. The first kappa shape index (κ1) is 32.5. The van der Waals surface area contributed by atoms with E-state index < -0.39 is 29.8 Å². The average Bonchev–Trinajstić information content (AvgIpc) is 3.03. The number of alkyl halides is 4. The first-order valence-electron chi connectivity index (χ1n) is 14.3. The molecular weight excluding hydrogens is 627 g/mol. The lowest BCUT2D eigenvalue weighted by Crippen LogP contribution is -2.48. The predicted molar refractivity (Wildman–Crippen MR) is 167 cm³/mol. The molecule has 1 atom stereocenters. The SMILES string of the molecule is O=C(CCCCl)Nc1cc(Oc2cccc3c(C(=O)Nc4ccc(C5CNCCN5C(=O)O)c(C(F)(F)F)c4)cccc23)ccn1. The number of piperazine rings is 1. The van der Waals surface area contributed by atoms with Crippen molar-refractivity contribution in [2.45, 2.75) is 25.1 Å². The van der Waals surface area contributed by atoms with Crippen molar-refractivity contribution in [3.63, 3.8) is 0 Å². The molecule has 1 aliphatic rings. The van der Waals surface area contributed by atoms with Crippen molar-refractivity contribution in [3.05, 3.63) is 89.6 Å². The smallest absolute Gasteiger partial charge is 0.416 e. The second-order valence-corrected chi connectivity index (χ2v) is 10.8. The van der Waals surface area contributed by atoms with Gasteiger partial charge < -0.3 is 25.8 Å². The minimum atomic E-state index is -4.80. The van der Waals surface area contributed by atoms with Gasteiger partial charge >= 0.3 is 12.3 Å². The first-order valence-corrected chi connectivity index (χ1v) is 14.8. The molecule has 0 bridgehead atoms. The van der Waals surface area contributed by atoms with Crippen LogP contribution < -0.4 is 20.7 Å². The zero-order valence-corrected chi connectivity index (χ0v) is 25.0. The Kier molecular flexibility index (Phi) is 9.93. The molecule has 0 saturated carbocycles. The fraction of sp³-hybridized carbons (Fsp3) is 0.250. The lowest BCUT2D eigenvalue weighted by molar-refractivity contribution is -0.138. The Hall–Kier alpha value is -4.88. The van der Waals surface area contributed by atoms with E-state index in [9.17, 15) is 32.7 Å². The highest BCUT2D eigenvalue weighted by Gasteiger charge is 2.39. The predicted octanol–water partition coefficient (Wildman–Crippen LogP) is 6.88. The summed E-state index contributed by atoms with van der Waals surface area (Å²) in [5.41, 5.74) is -1.16. The number of carbonyl (C=O) groups excluding carboxylic acids is 2. The zero-order chi connectivity index (χ0) is 32.8. The van der Waals surface area contributed by atoms with Crippen molar-refractivity contribution < 1.29 is 37.4 Å². The summed E-state index contributed by atoms with van der Waals surface area (Å²) in [4.78, 5) is 42.3. The standard InChI is InChI=1S/C32H29ClF3N5O5/c33-12-3-8-29(42)40-28-17-20(11-13-38-28)46-27-7-2-4-21-22(27)5-1-6-23(21)30(43)39-19-9-10-24(25(16-19)32(34,35)36)26-18-37-14-15-41(26)31(44)45/h1-2,4-7,9-11,13,16-17,26,37H,3,8,12,14-15,18H2,(H,39,43)(H,44,45)(H,38,40,42). The van der Waals surface area contributed by atoms with Gasteiger partial charge in [-0.1, -0.05) is 30.3 Å². The number of halogens is 4. The van der Waals surface area contributed by atoms with Crippen LogP contribution in [0.2, 0.25) is 0 Å². The molecule has 3 amide bonds. The largest absolute Gasteiger partial charge is 0.465 e. The third kappa shape index (κ3) is 7.49. The van der Waals surface area contributed by atoms with Gasteiger partial charge in [-0.2, -0.15) is 13.2 Å². The Bertz CT molecular complexity index is 1770. The Morgan fingerprint density at radius 2 is 1.83 bits per heavy atom. The van der Waals surface area contributed by atoms with Gasteiger partial charge in [-0.15, -0.1) is 11.6 Å². The van der Waals surface area contributed by atoms with Crippen LogP contribution in [-0.4, -0.2) is 58.4 Å². The maximum atomic E-state index is 14.2. The molecule has 1 unspecified atom stereocenters. The van der Waals surface area contributed by atoms with Crippen LogP contribution in [0.1, 0.15) is 40.4 Å². The van der Waals surface area contributed by atoms with E-state index in [1.165, 1.54) is 18.3 Å². The number of rotatable bonds is 9. The highest BCUT2D eigenvalue weighted by atomic mass is 35.5. The van der Waals surface area contributed by atoms with Crippen LogP contribution in [0.25, 0.3) is 10.8 Å². The molecule has 5 rings (SSSR count). The molecule has 1 fully saturated rings. The molecule has 0 aliphatic carbocycles. The quantitative estimate of drug-likeness (QED) is 0.145. The van der Waals surface area contributed by atoms with Gasteiger partial charge in [0.1, 0.15) is 17.3 Å². The van der Waals surface area contributed by atoms with E-state index in [-0.39, 0.29) is 48.0 Å². The second-order valence-electron chi connectivity index (χ2n) is 10.4. The van der Waals surface area contributed by atoms with E-state index in [1.54, 1.807) is 48.5 Å². The number of hydrogen-bond donors (Lipinski definition) is 4. The number of amides is 3. The number of ether oxygens (including phenoxy) is 1. The van der Waals surface area contributed by atoms with Crippen LogP contribution in [0.3, 0.4) is 0 Å². The number of anilines is 2. The molecule has 1 aliphatic heterocycles. The Morgan fingerprint density at radius 3 is 2.59 bits per heavy atom. The van der Waals surface area contributed by atoms with Crippen LogP contribution in [-0.2, 0) is 11.0 Å². The number of nitrogens with one attached hydrogen (secondary N) is 3. The zero-order valence-electron chi connectivity index (χ0n) is 24.2. The maximum Gasteiger partial charge on any atom is 0.416 e. The fourth-order valence-corrected chi connectivity index (χ4v) is 5.38. The number of carbonyl (C=O) groups is 3. The Labute approximate surface area is 266 Å². The maximum absolute atomic E-state index is 14.2. The van der Waals surface area contributed by atoms with E-state index in [4.69, 9.17) is 16.3 Å². The summed E-state index contributed by atoms with van der Waals surface area (Å²) in [5.74, 6) is 0.525. The molecule has 46 heavy (non-hydrogen) atoms. The summed E-state index contributed by atoms with van der Waals surface area (Å²) in [6.45, 7) is 0.384. The highest BCUT2D eigenvalue weighted by molar-refractivity contribution is 6.18. The summed E-state index contributed by atoms with van der Waals surface area (Å²) in [6.07, 6.45) is -3.88. The lowest BCUT2D eigenvalue weighted by Gasteiger charge is -2.35. The van der Waals surface area contributed by atoms with Crippen LogP contribution in [0.4, 0.5) is 29.5 Å². The number of fused-ring (bicyclic) bond motifs is 1. The molecule has 1 aromatic heterocycles. The molecule has 4 N–H and O–H groups in total. The van der Waals surface area contributed by atoms with Gasteiger partial charge in [0.15, 0.2) is 0 Å². The minimum Gasteiger partial charge on any atom is -0.465 e. The minimum absolute atomic E-state index is 0.0193. The molecule has 4 aromatic rings. The van der Waals surface area contributed by atoms with Crippen LogP contribution in [0.5, 0.6) is 11.5 Å². The van der Waals surface area contributed by atoms with Gasteiger partial charge in [-0.25, -0.2) is 9.78 Å². The monoisotopic (exact) mass is 655 g/mol. The van der Waals surface area contributed by atoms with Gasteiger partial charge in [0.2, 0.25) is 5.91 Å². The van der Waals surface area contributed by atoms with Crippen molar-refractivity contribution in [2.75, 3.05) is 36.1 Å². The number of aromatic nitrogens is 1. The highest BCUT2D eigenvalue weighted by Crippen LogP contribution is 2.39. The Balaban J connectivity index is 1.39. The average molecular weight is 656 g/mol. The molecule has 3 aromatic carbocycles. The van der Waals surface area contributed by atoms with E-state index >= 15 is 0 Å². The molecule has 1 saturated heterocycles. The number of nitrogens with zero attached hydrogens (tertiary/aromatic N) is 2. The summed E-state index contributed by atoms with van der Waals surface area (Å²) < 4.78 is 48.7. The number of carboxylic acid groups (broad SMARTS) is 1. The first-order chi connectivity index (χ1) is 22.0. The lowest BCUT2D eigenvalue weighted by atomic mass is 9.96. The van der Waals surface area contributed by atoms with E-state index in [0.717, 1.165) is 11.0 Å². The molecule has 0 spiro atoms. The second kappa shape index (κ2) is 14.0. The van der Waals surface area contributed by atoms with Crippen molar-refractivity contribution in [3.8, 4) is 11.5 Å². The van der Waals surface area contributed by atoms with Crippen molar-refractivity contribution in [1.82, 2.24) is 15.2 Å². The molecule has 14 heteroatoms. The molecule has 240 valence electrons. The molecule has 10 nitrogen and oxygen atoms in total. The third-order valence-electron chi connectivity index (χ3n) is 7.36. The summed E-state index contributed by atoms with van der Waals surface area (Å²) in [7, 11) is 0. The van der Waals surface area contributed by atoms with Crippen molar-refractivity contribution in [2.24, 2.45) is 0 Å². The van der Waals surface area contributed by atoms with Crippen LogP contribution >= 0.6 is 11.6 Å². The van der Waals surface area contributed by atoms with Gasteiger partial charge in [0, 0.05) is 60.8 Å². The molecule has 2 heterocycles. The molecule has 0 radical (unpaired) electrons. The van der Waals surface area contributed by atoms with Crippen LogP contribution in [0.15, 0.2) is 72.9 Å². The van der Waals surface area contributed by atoms with Crippen molar-refractivity contribution >= 4 is 51.8 Å². The number of hydrogen-bond acceptors (Lipinski definition) is 6. The van der Waals surface area contributed by atoms with Crippen LogP contribution in [0, 0.1) is 0 Å². The van der Waals surface area contributed by atoms with Gasteiger partial charge in [-0.3, -0.25) is 14.5 Å². The number of pyridine rings is 1. The summed E-state index contributed by atoms with van der Waals surface area (Å²) in [5, 5.41) is 18.8.